The molecule has 0 amide bonds. The molecule has 1 heterocycles. The monoisotopic (exact) mass is 208 g/mol. The summed E-state index contributed by atoms with van der Waals surface area (Å²) >= 11 is 0. The van der Waals surface area contributed by atoms with Gasteiger partial charge in [0.25, 0.3) is 0 Å². The van der Waals surface area contributed by atoms with Crippen LogP contribution in [-0.4, -0.2) is 15.7 Å². The summed E-state index contributed by atoms with van der Waals surface area (Å²) in [5.74, 6) is 0.463. The van der Waals surface area contributed by atoms with E-state index in [9.17, 15) is 4.79 Å². The first-order valence-electron chi connectivity index (χ1n) is 5.46. The molecule has 1 aromatic rings. The third-order valence-corrected chi connectivity index (χ3v) is 2.79. The second kappa shape index (κ2) is 4.47. The van der Waals surface area contributed by atoms with E-state index in [0.29, 0.717) is 5.88 Å². The Morgan fingerprint density at radius 1 is 1.40 bits per heavy atom. The van der Waals surface area contributed by atoms with Gasteiger partial charge in [-0.05, 0) is 25.7 Å². The zero-order chi connectivity index (χ0) is 10.7. The van der Waals surface area contributed by atoms with Gasteiger partial charge >= 0.3 is 5.69 Å². The number of aryl methyl sites for hydroxylation is 1. The largest absolute Gasteiger partial charge is 0.474 e. The molecular weight excluding hydrogens is 192 g/mol. The van der Waals surface area contributed by atoms with Gasteiger partial charge in [-0.25, -0.2) is 4.79 Å². The van der Waals surface area contributed by atoms with E-state index in [1.807, 2.05) is 0 Å². The molecule has 1 aliphatic carbocycles. The van der Waals surface area contributed by atoms with Crippen molar-refractivity contribution in [1.82, 2.24) is 9.55 Å². The third-order valence-electron chi connectivity index (χ3n) is 2.79. The molecule has 1 aliphatic rings. The van der Waals surface area contributed by atoms with Crippen molar-refractivity contribution in [1.29, 1.82) is 0 Å². The van der Waals surface area contributed by atoms with E-state index in [0.717, 1.165) is 12.8 Å². The van der Waals surface area contributed by atoms with Crippen LogP contribution in [0.15, 0.2) is 17.1 Å². The summed E-state index contributed by atoms with van der Waals surface area (Å²) < 4.78 is 7.10. The van der Waals surface area contributed by atoms with Crippen LogP contribution < -0.4 is 10.4 Å². The van der Waals surface area contributed by atoms with E-state index in [-0.39, 0.29) is 11.8 Å². The van der Waals surface area contributed by atoms with Crippen LogP contribution in [0.25, 0.3) is 0 Å². The van der Waals surface area contributed by atoms with Gasteiger partial charge in [0.1, 0.15) is 6.10 Å². The summed E-state index contributed by atoms with van der Waals surface area (Å²) in [6.45, 7) is 0. The lowest BCUT2D eigenvalue weighted by molar-refractivity contribution is 0.147. The predicted molar refractivity (Wildman–Crippen MR) is 57.0 cm³/mol. The minimum absolute atomic E-state index is 0.248. The van der Waals surface area contributed by atoms with Crippen molar-refractivity contribution >= 4 is 0 Å². The maximum atomic E-state index is 11.3. The highest BCUT2D eigenvalue weighted by atomic mass is 16.5. The second-order valence-corrected chi connectivity index (χ2v) is 4.04. The van der Waals surface area contributed by atoms with Gasteiger partial charge in [-0.2, -0.15) is 4.98 Å². The van der Waals surface area contributed by atoms with Gasteiger partial charge in [0.2, 0.25) is 5.88 Å². The molecule has 15 heavy (non-hydrogen) atoms. The van der Waals surface area contributed by atoms with Crippen molar-refractivity contribution in [3.8, 4) is 5.88 Å². The fraction of sp³-hybridized carbons (Fsp3) is 0.636. The van der Waals surface area contributed by atoms with Crippen molar-refractivity contribution in [2.75, 3.05) is 0 Å². The molecule has 0 saturated heterocycles. The summed E-state index contributed by atoms with van der Waals surface area (Å²) in [7, 11) is 1.68. The molecule has 4 heteroatoms. The average Bonchev–Trinajstić information content (AvgIpc) is 2.25. The standard InChI is InChI=1S/C11H16N2O2/c1-13-8-7-10(12-11(13)14)15-9-5-3-2-4-6-9/h7-9H,2-6H2,1H3. The first-order chi connectivity index (χ1) is 7.25. The first kappa shape index (κ1) is 10.2. The van der Waals surface area contributed by atoms with Crippen LogP contribution in [0, 0.1) is 0 Å². The number of rotatable bonds is 2. The molecule has 1 aromatic heterocycles. The summed E-state index contributed by atoms with van der Waals surface area (Å²) in [6, 6.07) is 1.75. The van der Waals surface area contributed by atoms with Crippen LogP contribution in [0.5, 0.6) is 5.88 Å². The summed E-state index contributed by atoms with van der Waals surface area (Å²) in [5, 5.41) is 0. The molecule has 0 aliphatic heterocycles. The predicted octanol–water partition coefficient (Wildman–Crippen LogP) is 1.49. The lowest BCUT2D eigenvalue weighted by atomic mass is 9.98. The summed E-state index contributed by atoms with van der Waals surface area (Å²) in [5.41, 5.74) is -0.261. The van der Waals surface area contributed by atoms with Gasteiger partial charge in [0, 0.05) is 19.3 Å². The quantitative estimate of drug-likeness (QED) is 0.739. The summed E-state index contributed by atoms with van der Waals surface area (Å²) in [4.78, 5) is 15.1. The smallest absolute Gasteiger partial charge is 0.350 e. The second-order valence-electron chi connectivity index (χ2n) is 4.04. The SMILES string of the molecule is Cn1ccc(OC2CCCCC2)nc1=O. The Morgan fingerprint density at radius 3 is 2.80 bits per heavy atom. The number of aromatic nitrogens is 2. The van der Waals surface area contributed by atoms with Crippen molar-refractivity contribution in [3.63, 3.8) is 0 Å². The van der Waals surface area contributed by atoms with Gasteiger partial charge in [-0.15, -0.1) is 0 Å². The van der Waals surface area contributed by atoms with E-state index >= 15 is 0 Å². The highest BCUT2D eigenvalue weighted by molar-refractivity contribution is 5.06. The first-order valence-corrected chi connectivity index (χ1v) is 5.46. The van der Waals surface area contributed by atoms with Gasteiger partial charge in [-0.3, -0.25) is 0 Å². The highest BCUT2D eigenvalue weighted by Gasteiger charge is 2.15. The minimum Gasteiger partial charge on any atom is -0.474 e. The zero-order valence-electron chi connectivity index (χ0n) is 8.98. The van der Waals surface area contributed by atoms with Gasteiger partial charge in [0.05, 0.1) is 0 Å². The topological polar surface area (TPSA) is 44.1 Å². The molecule has 0 spiro atoms. The van der Waals surface area contributed by atoms with Gasteiger partial charge in [0.15, 0.2) is 0 Å². The lowest BCUT2D eigenvalue weighted by Crippen LogP contribution is -2.24. The molecule has 0 unspecified atom stereocenters. The Labute approximate surface area is 88.9 Å². The van der Waals surface area contributed by atoms with Gasteiger partial charge < -0.3 is 9.30 Å². The molecule has 0 aromatic carbocycles. The Balaban J connectivity index is 2.03. The Hall–Kier alpha value is -1.32. The number of nitrogens with zero attached hydrogens (tertiary/aromatic N) is 2. The van der Waals surface area contributed by atoms with Crippen LogP contribution in [0.4, 0.5) is 0 Å². The molecule has 1 fully saturated rings. The van der Waals surface area contributed by atoms with Crippen LogP contribution in [0.1, 0.15) is 32.1 Å². The normalized spacial score (nSPS) is 17.7. The molecule has 0 atom stereocenters. The fourth-order valence-corrected chi connectivity index (χ4v) is 1.87. The fourth-order valence-electron chi connectivity index (χ4n) is 1.87. The summed E-state index contributed by atoms with van der Waals surface area (Å²) in [6.07, 6.45) is 7.83. The molecule has 0 radical (unpaired) electrons. The maximum absolute atomic E-state index is 11.3. The van der Waals surface area contributed by atoms with Gasteiger partial charge in [-0.1, -0.05) is 6.42 Å². The molecule has 4 nitrogen and oxygen atoms in total. The molecule has 1 saturated carbocycles. The van der Waals surface area contributed by atoms with Crippen LogP contribution in [-0.2, 0) is 7.05 Å². The number of ether oxygens (including phenoxy) is 1. The molecular formula is C11H16N2O2. The van der Waals surface area contributed by atoms with Crippen LogP contribution >= 0.6 is 0 Å². The van der Waals surface area contributed by atoms with Crippen molar-refractivity contribution in [2.24, 2.45) is 7.05 Å². The highest BCUT2D eigenvalue weighted by Crippen LogP contribution is 2.21. The van der Waals surface area contributed by atoms with E-state index in [1.165, 1.54) is 23.8 Å². The van der Waals surface area contributed by atoms with E-state index in [1.54, 1.807) is 19.3 Å². The molecule has 82 valence electrons. The average molecular weight is 208 g/mol. The minimum atomic E-state index is -0.261. The Kier molecular flexibility index (Phi) is 3.04. The number of hydrogen-bond donors (Lipinski definition) is 0. The van der Waals surface area contributed by atoms with Crippen LogP contribution in [0.3, 0.4) is 0 Å². The van der Waals surface area contributed by atoms with Crippen molar-refractivity contribution in [3.05, 3.63) is 22.7 Å². The molecule has 0 bridgehead atoms. The molecule has 2 rings (SSSR count). The van der Waals surface area contributed by atoms with E-state index < -0.39 is 0 Å². The van der Waals surface area contributed by atoms with Crippen molar-refractivity contribution in [2.45, 2.75) is 38.2 Å². The zero-order valence-corrected chi connectivity index (χ0v) is 8.98. The van der Waals surface area contributed by atoms with E-state index in [2.05, 4.69) is 4.98 Å². The van der Waals surface area contributed by atoms with Crippen molar-refractivity contribution < 1.29 is 4.74 Å². The Bertz CT molecular complexity index is 380. The third kappa shape index (κ3) is 2.58. The molecule has 0 N–H and O–H groups in total. The Morgan fingerprint density at radius 2 is 2.13 bits per heavy atom. The lowest BCUT2D eigenvalue weighted by Gasteiger charge is -2.22. The number of hydrogen-bond acceptors (Lipinski definition) is 3. The van der Waals surface area contributed by atoms with E-state index in [4.69, 9.17) is 4.74 Å². The maximum Gasteiger partial charge on any atom is 0.350 e. The van der Waals surface area contributed by atoms with Crippen LogP contribution in [0.2, 0.25) is 0 Å².